The average Bonchev–Trinajstić information content (AvgIpc) is 2.80. The van der Waals surface area contributed by atoms with Gasteiger partial charge in [-0.15, -0.1) is 0 Å². The molecule has 0 fully saturated rings. The van der Waals surface area contributed by atoms with Gasteiger partial charge in [-0.1, -0.05) is 119 Å². The predicted octanol–water partition coefficient (Wildman–Crippen LogP) is 9.29. The third kappa shape index (κ3) is 14.0. The summed E-state index contributed by atoms with van der Waals surface area (Å²) in [5.41, 5.74) is 1.48. The van der Waals surface area contributed by atoms with Crippen LogP contribution in [-0.2, 0) is 14.9 Å². The summed E-state index contributed by atoms with van der Waals surface area (Å²) >= 11 is 0. The topological polar surface area (TPSA) is 52.6 Å². The molecule has 0 spiro atoms. The summed E-state index contributed by atoms with van der Waals surface area (Å²) < 4.78 is 11.1. The van der Waals surface area contributed by atoms with Gasteiger partial charge in [0, 0.05) is 0 Å². The van der Waals surface area contributed by atoms with Crippen molar-refractivity contribution in [1.82, 2.24) is 0 Å². The van der Waals surface area contributed by atoms with Crippen LogP contribution in [0.15, 0.2) is 18.2 Å². The van der Waals surface area contributed by atoms with E-state index in [4.69, 9.17) is 9.47 Å². The molecule has 4 heteroatoms. The molecular weight excluding hydrogens is 448 g/mol. The van der Waals surface area contributed by atoms with Gasteiger partial charge >= 0.3 is 11.9 Å². The molecule has 4 nitrogen and oxygen atoms in total. The fourth-order valence-corrected chi connectivity index (χ4v) is 4.21. The maximum absolute atomic E-state index is 13.0. The third-order valence-corrected chi connectivity index (χ3v) is 6.64. The van der Waals surface area contributed by atoms with Crippen LogP contribution < -0.4 is 0 Å². The molecule has 0 radical (unpaired) electrons. The van der Waals surface area contributed by atoms with E-state index in [0.717, 1.165) is 43.1 Å². The largest absolute Gasteiger partial charge is 0.462 e. The lowest BCUT2D eigenvalue weighted by atomic mass is 9.85. The zero-order chi connectivity index (χ0) is 27.0. The lowest BCUT2D eigenvalue weighted by molar-refractivity contribution is 0.0450. The lowest BCUT2D eigenvalue weighted by Crippen LogP contribution is -2.18. The smallest absolute Gasteiger partial charge is 0.339 e. The van der Waals surface area contributed by atoms with Crippen molar-refractivity contribution >= 4 is 11.9 Å². The number of carbonyl (C=O) groups excluding carboxylic acids is 2. The molecule has 0 atom stereocenters. The Hall–Kier alpha value is -1.84. The van der Waals surface area contributed by atoms with E-state index in [1.54, 1.807) is 12.1 Å². The van der Waals surface area contributed by atoms with Gasteiger partial charge < -0.3 is 9.47 Å². The molecule has 0 saturated heterocycles. The highest BCUT2D eigenvalue weighted by Gasteiger charge is 2.23. The second-order valence-corrected chi connectivity index (χ2v) is 12.2. The average molecular weight is 503 g/mol. The molecule has 0 heterocycles. The van der Waals surface area contributed by atoms with Crippen LogP contribution in [-0.4, -0.2) is 25.2 Å². The maximum atomic E-state index is 13.0. The zero-order valence-corrected chi connectivity index (χ0v) is 24.4. The van der Waals surface area contributed by atoms with Crippen molar-refractivity contribution in [3.8, 4) is 0 Å². The van der Waals surface area contributed by atoms with Crippen LogP contribution in [0.5, 0.6) is 0 Å². The minimum Gasteiger partial charge on any atom is -0.462 e. The quantitative estimate of drug-likeness (QED) is 0.148. The predicted molar refractivity (Wildman–Crippen MR) is 151 cm³/mol. The first-order chi connectivity index (χ1) is 17.0. The summed E-state index contributed by atoms with van der Waals surface area (Å²) in [5.74, 6) is 0.650. The van der Waals surface area contributed by atoms with Crippen molar-refractivity contribution in [3.63, 3.8) is 0 Å². The molecule has 0 aliphatic carbocycles. The second-order valence-electron chi connectivity index (χ2n) is 12.2. The number of hydrogen-bond acceptors (Lipinski definition) is 4. The van der Waals surface area contributed by atoms with E-state index < -0.39 is 11.9 Å². The van der Waals surface area contributed by atoms with Crippen LogP contribution in [0, 0.1) is 11.8 Å². The molecule has 0 aliphatic heterocycles. The molecule has 36 heavy (non-hydrogen) atoms. The maximum Gasteiger partial charge on any atom is 0.339 e. The minimum atomic E-state index is -0.438. The Bertz CT molecular complexity index is 758. The van der Waals surface area contributed by atoms with E-state index >= 15 is 0 Å². The standard InChI is InChI=1S/C32H54O4/c1-25(2)18-14-10-8-12-16-22-35-30(33)28-21-20-27(32(5,6)7)24-29(28)31(34)36-23-17-13-9-11-15-19-26(3)4/h20-21,24-26H,8-19,22-23H2,1-7H3. The molecule has 1 aromatic rings. The molecule has 0 aromatic heterocycles. The minimum absolute atomic E-state index is 0.136. The Morgan fingerprint density at radius 1 is 0.639 bits per heavy atom. The summed E-state index contributed by atoms with van der Waals surface area (Å²) in [5, 5.41) is 0. The Balaban J connectivity index is 2.57. The number of benzene rings is 1. The van der Waals surface area contributed by atoms with E-state index in [1.807, 2.05) is 6.07 Å². The molecule has 0 aliphatic rings. The van der Waals surface area contributed by atoms with Gasteiger partial charge in [0.05, 0.1) is 24.3 Å². The normalized spacial score (nSPS) is 11.8. The van der Waals surface area contributed by atoms with Crippen LogP contribution in [0.25, 0.3) is 0 Å². The van der Waals surface area contributed by atoms with Crippen molar-refractivity contribution in [2.45, 2.75) is 131 Å². The summed E-state index contributed by atoms with van der Waals surface area (Å²) in [4.78, 5) is 25.8. The van der Waals surface area contributed by atoms with Crippen molar-refractivity contribution in [2.24, 2.45) is 11.8 Å². The van der Waals surface area contributed by atoms with E-state index in [9.17, 15) is 9.59 Å². The van der Waals surface area contributed by atoms with Crippen LogP contribution in [0.2, 0.25) is 0 Å². The highest BCUT2D eigenvalue weighted by atomic mass is 16.5. The number of esters is 2. The van der Waals surface area contributed by atoms with Crippen LogP contribution in [0.3, 0.4) is 0 Å². The molecule has 0 unspecified atom stereocenters. The van der Waals surface area contributed by atoms with Crippen LogP contribution in [0.4, 0.5) is 0 Å². The van der Waals surface area contributed by atoms with E-state index in [2.05, 4.69) is 48.5 Å². The Labute approximate surface area is 221 Å². The first-order valence-corrected chi connectivity index (χ1v) is 14.5. The van der Waals surface area contributed by atoms with Gasteiger partial charge in [-0.25, -0.2) is 9.59 Å². The highest BCUT2D eigenvalue weighted by Crippen LogP contribution is 2.26. The molecule has 1 rings (SSSR count). The van der Waals surface area contributed by atoms with Crippen LogP contribution >= 0.6 is 0 Å². The Morgan fingerprint density at radius 2 is 1.06 bits per heavy atom. The number of unbranched alkanes of at least 4 members (excludes halogenated alkanes) is 8. The first-order valence-electron chi connectivity index (χ1n) is 14.5. The molecule has 0 amide bonds. The lowest BCUT2D eigenvalue weighted by Gasteiger charge is -2.20. The zero-order valence-electron chi connectivity index (χ0n) is 24.4. The first kappa shape index (κ1) is 32.2. The third-order valence-electron chi connectivity index (χ3n) is 6.64. The number of carbonyl (C=O) groups is 2. The van der Waals surface area contributed by atoms with Gasteiger partial charge in [-0.05, 0) is 47.8 Å². The van der Waals surface area contributed by atoms with Crippen LogP contribution in [0.1, 0.15) is 152 Å². The van der Waals surface area contributed by atoms with Gasteiger partial charge in [0.15, 0.2) is 0 Å². The molecule has 0 bridgehead atoms. The van der Waals surface area contributed by atoms with E-state index in [-0.39, 0.29) is 5.41 Å². The van der Waals surface area contributed by atoms with Crippen molar-refractivity contribution in [1.29, 1.82) is 0 Å². The van der Waals surface area contributed by atoms with E-state index in [1.165, 1.54) is 51.4 Å². The van der Waals surface area contributed by atoms with Gasteiger partial charge in [0.25, 0.3) is 0 Å². The monoisotopic (exact) mass is 502 g/mol. The SMILES string of the molecule is CC(C)CCCCCCCOC(=O)c1ccc(C(C)(C)C)cc1C(=O)OCCCCCCCC(C)C. The van der Waals surface area contributed by atoms with Gasteiger partial charge in [-0.3, -0.25) is 0 Å². The molecule has 0 saturated carbocycles. The number of rotatable bonds is 18. The fraction of sp³-hybridized carbons (Fsp3) is 0.750. The molecule has 1 aromatic carbocycles. The fourth-order valence-electron chi connectivity index (χ4n) is 4.21. The Kier molecular flexibility index (Phi) is 15.7. The molecular formula is C32H54O4. The number of hydrogen-bond donors (Lipinski definition) is 0. The number of ether oxygens (including phenoxy) is 2. The summed E-state index contributed by atoms with van der Waals surface area (Å²) in [6, 6.07) is 5.44. The van der Waals surface area contributed by atoms with Gasteiger partial charge in [0.1, 0.15) is 0 Å². The highest BCUT2D eigenvalue weighted by molar-refractivity contribution is 6.03. The van der Waals surface area contributed by atoms with Gasteiger partial charge in [-0.2, -0.15) is 0 Å². The van der Waals surface area contributed by atoms with Gasteiger partial charge in [0.2, 0.25) is 0 Å². The van der Waals surface area contributed by atoms with E-state index in [0.29, 0.717) is 24.3 Å². The summed E-state index contributed by atoms with van der Waals surface area (Å²) in [6.45, 7) is 16.1. The van der Waals surface area contributed by atoms with Crippen molar-refractivity contribution < 1.29 is 19.1 Å². The summed E-state index contributed by atoms with van der Waals surface area (Å²) in [6.07, 6.45) is 13.7. The molecule has 0 N–H and O–H groups in total. The Morgan fingerprint density at radius 3 is 1.50 bits per heavy atom. The summed E-state index contributed by atoms with van der Waals surface area (Å²) in [7, 11) is 0. The second kappa shape index (κ2) is 17.6. The van der Waals surface area contributed by atoms with Crippen molar-refractivity contribution in [3.05, 3.63) is 34.9 Å². The van der Waals surface area contributed by atoms with Crippen molar-refractivity contribution in [2.75, 3.05) is 13.2 Å². The molecule has 206 valence electrons.